The highest BCUT2D eigenvalue weighted by atomic mass is 32.1. The van der Waals surface area contributed by atoms with Crippen molar-refractivity contribution < 1.29 is 14.0 Å². The smallest absolute Gasteiger partial charge is 0.233 e. The normalized spacial score (nSPS) is 17.1. The summed E-state index contributed by atoms with van der Waals surface area (Å²) in [6, 6.07) is 4.58. The molecule has 2 aromatic rings. The quantitative estimate of drug-likeness (QED) is 0.847. The van der Waals surface area contributed by atoms with Crippen LogP contribution in [-0.2, 0) is 22.4 Å². The van der Waals surface area contributed by atoms with Gasteiger partial charge in [0.05, 0.1) is 12.1 Å². The van der Waals surface area contributed by atoms with Gasteiger partial charge in [-0.1, -0.05) is 0 Å². The third-order valence-corrected chi connectivity index (χ3v) is 5.55. The van der Waals surface area contributed by atoms with E-state index in [0.29, 0.717) is 30.3 Å². The Balaban J connectivity index is 1.50. The first-order valence-corrected chi connectivity index (χ1v) is 9.33. The van der Waals surface area contributed by atoms with Crippen molar-refractivity contribution in [1.29, 1.82) is 0 Å². The maximum Gasteiger partial charge on any atom is 0.233 e. The zero-order chi connectivity index (χ0) is 17.4. The van der Waals surface area contributed by atoms with E-state index in [-0.39, 0.29) is 24.1 Å². The number of carbonyl (C=O) groups excluding carboxylic acids is 2. The Bertz CT molecular complexity index is 835. The summed E-state index contributed by atoms with van der Waals surface area (Å²) in [5.74, 6) is -0.219. The fourth-order valence-corrected chi connectivity index (χ4v) is 4.29. The van der Waals surface area contributed by atoms with Gasteiger partial charge in [0.1, 0.15) is 5.82 Å². The Kier molecular flexibility index (Phi) is 4.25. The van der Waals surface area contributed by atoms with Crippen LogP contribution in [-0.4, -0.2) is 29.9 Å². The van der Waals surface area contributed by atoms with Crippen molar-refractivity contribution in [3.05, 3.63) is 40.7 Å². The molecular weight excluding hydrogens is 341 g/mol. The topological polar surface area (TPSA) is 53.5 Å². The molecule has 5 nitrogen and oxygen atoms in total. The molecule has 0 N–H and O–H groups in total. The van der Waals surface area contributed by atoms with E-state index in [0.717, 1.165) is 30.5 Å². The number of anilines is 2. The molecule has 1 aromatic carbocycles. The number of halogens is 1. The van der Waals surface area contributed by atoms with Crippen LogP contribution in [0.2, 0.25) is 0 Å². The van der Waals surface area contributed by atoms with Gasteiger partial charge < -0.3 is 4.90 Å². The molecule has 130 valence electrons. The van der Waals surface area contributed by atoms with E-state index < -0.39 is 0 Å². The minimum Gasteiger partial charge on any atom is -0.312 e. The van der Waals surface area contributed by atoms with E-state index >= 15 is 0 Å². The number of benzene rings is 1. The van der Waals surface area contributed by atoms with Crippen LogP contribution >= 0.6 is 11.3 Å². The van der Waals surface area contributed by atoms with Gasteiger partial charge in [0.25, 0.3) is 0 Å². The average molecular weight is 359 g/mol. The molecule has 0 radical (unpaired) electrons. The monoisotopic (exact) mass is 359 g/mol. The van der Waals surface area contributed by atoms with Gasteiger partial charge in [0.15, 0.2) is 5.13 Å². The van der Waals surface area contributed by atoms with Crippen molar-refractivity contribution in [1.82, 2.24) is 4.98 Å². The average Bonchev–Trinajstić information content (AvgIpc) is 3.22. The number of thiazole rings is 1. The number of aryl methyl sites for hydroxylation is 1. The molecule has 0 atom stereocenters. The van der Waals surface area contributed by atoms with Crippen LogP contribution in [0.25, 0.3) is 0 Å². The lowest BCUT2D eigenvalue weighted by atomic mass is 10.0. The fourth-order valence-electron chi connectivity index (χ4n) is 3.43. The van der Waals surface area contributed by atoms with Crippen molar-refractivity contribution in [2.45, 2.75) is 32.1 Å². The van der Waals surface area contributed by atoms with Crippen LogP contribution in [0.4, 0.5) is 15.2 Å². The number of nitrogens with zero attached hydrogens (tertiary/aromatic N) is 3. The summed E-state index contributed by atoms with van der Waals surface area (Å²) in [7, 11) is 0. The van der Waals surface area contributed by atoms with Gasteiger partial charge in [0.2, 0.25) is 11.8 Å². The Morgan fingerprint density at radius 1 is 1.24 bits per heavy atom. The molecule has 1 saturated heterocycles. The lowest BCUT2D eigenvalue weighted by Gasteiger charge is -2.29. The summed E-state index contributed by atoms with van der Waals surface area (Å²) in [4.78, 5) is 32.4. The molecule has 2 aliphatic heterocycles. The summed E-state index contributed by atoms with van der Waals surface area (Å²) in [5, 5.41) is 2.51. The molecule has 1 aromatic heterocycles. The highest BCUT2D eigenvalue weighted by molar-refractivity contribution is 7.14. The first-order chi connectivity index (χ1) is 12.1. The number of rotatable bonds is 3. The minimum atomic E-state index is -0.271. The van der Waals surface area contributed by atoms with Crippen LogP contribution in [0.3, 0.4) is 0 Å². The summed E-state index contributed by atoms with van der Waals surface area (Å²) in [5.41, 5.74) is 2.35. The van der Waals surface area contributed by atoms with Crippen LogP contribution in [0.1, 0.15) is 30.5 Å². The Morgan fingerprint density at radius 2 is 2.08 bits per heavy atom. The predicted molar refractivity (Wildman–Crippen MR) is 94.5 cm³/mol. The number of amides is 2. The lowest BCUT2D eigenvalue weighted by Crippen LogP contribution is -2.36. The first-order valence-electron chi connectivity index (χ1n) is 8.45. The second-order valence-corrected chi connectivity index (χ2v) is 7.21. The number of aromatic nitrogens is 1. The molecule has 7 heteroatoms. The van der Waals surface area contributed by atoms with Crippen molar-refractivity contribution in [3.8, 4) is 0 Å². The van der Waals surface area contributed by atoms with Crippen molar-refractivity contribution in [2.75, 3.05) is 22.9 Å². The van der Waals surface area contributed by atoms with Gasteiger partial charge in [-0.05, 0) is 43.0 Å². The van der Waals surface area contributed by atoms with E-state index in [1.807, 2.05) is 5.38 Å². The zero-order valence-corrected chi connectivity index (χ0v) is 14.5. The predicted octanol–water partition coefficient (Wildman–Crippen LogP) is 2.93. The summed E-state index contributed by atoms with van der Waals surface area (Å²) in [6.07, 6.45) is 3.22. The molecule has 0 spiro atoms. The largest absolute Gasteiger partial charge is 0.312 e. The summed E-state index contributed by atoms with van der Waals surface area (Å²) < 4.78 is 13.4. The first kappa shape index (κ1) is 16.2. The molecule has 0 aliphatic carbocycles. The molecule has 0 unspecified atom stereocenters. The SMILES string of the molecule is O=C1CCCN1c1nc(CC(=O)N2CCCc3cc(F)ccc32)cs1. The minimum absolute atomic E-state index is 0.0443. The van der Waals surface area contributed by atoms with Gasteiger partial charge in [-0.25, -0.2) is 9.37 Å². The molecule has 0 bridgehead atoms. The van der Waals surface area contributed by atoms with E-state index in [9.17, 15) is 14.0 Å². The Morgan fingerprint density at radius 3 is 2.88 bits per heavy atom. The Hall–Kier alpha value is -2.28. The Labute approximate surface area is 149 Å². The van der Waals surface area contributed by atoms with E-state index in [1.54, 1.807) is 15.9 Å². The molecule has 25 heavy (non-hydrogen) atoms. The van der Waals surface area contributed by atoms with Crippen LogP contribution in [0.5, 0.6) is 0 Å². The standard InChI is InChI=1S/C18H18FN3O2S/c19-13-5-6-15-12(9-13)3-1-7-21(15)17(24)10-14-11-25-18(20-14)22-8-2-4-16(22)23/h5-6,9,11H,1-4,7-8,10H2. The second-order valence-electron chi connectivity index (χ2n) is 6.37. The number of fused-ring (bicyclic) bond motifs is 1. The highest BCUT2D eigenvalue weighted by Gasteiger charge is 2.26. The number of carbonyl (C=O) groups is 2. The summed E-state index contributed by atoms with van der Waals surface area (Å²) >= 11 is 1.40. The molecule has 2 aliphatic rings. The second kappa shape index (κ2) is 6.55. The maximum atomic E-state index is 13.4. The van der Waals surface area contributed by atoms with Crippen molar-refractivity contribution >= 4 is 34.0 Å². The van der Waals surface area contributed by atoms with E-state index in [2.05, 4.69) is 4.98 Å². The van der Waals surface area contributed by atoms with Gasteiger partial charge in [0, 0.05) is 30.6 Å². The van der Waals surface area contributed by atoms with E-state index in [4.69, 9.17) is 0 Å². The van der Waals surface area contributed by atoms with Crippen LogP contribution < -0.4 is 9.80 Å². The molecule has 4 rings (SSSR count). The molecular formula is C18H18FN3O2S. The molecule has 1 fully saturated rings. The lowest BCUT2D eigenvalue weighted by molar-refractivity contribution is -0.118. The zero-order valence-electron chi connectivity index (χ0n) is 13.7. The molecule has 0 saturated carbocycles. The summed E-state index contributed by atoms with van der Waals surface area (Å²) in [6.45, 7) is 1.34. The van der Waals surface area contributed by atoms with Gasteiger partial charge in [-0.2, -0.15) is 0 Å². The van der Waals surface area contributed by atoms with Gasteiger partial charge >= 0.3 is 0 Å². The molecule has 3 heterocycles. The number of hydrogen-bond acceptors (Lipinski definition) is 4. The van der Waals surface area contributed by atoms with Crippen molar-refractivity contribution in [2.24, 2.45) is 0 Å². The third-order valence-electron chi connectivity index (χ3n) is 4.64. The van der Waals surface area contributed by atoms with Gasteiger partial charge in [-0.15, -0.1) is 11.3 Å². The maximum absolute atomic E-state index is 13.4. The number of hydrogen-bond donors (Lipinski definition) is 0. The van der Waals surface area contributed by atoms with Gasteiger partial charge in [-0.3, -0.25) is 14.5 Å². The highest BCUT2D eigenvalue weighted by Crippen LogP contribution is 2.29. The third kappa shape index (κ3) is 3.16. The molecule has 2 amide bonds. The fraction of sp³-hybridized carbons (Fsp3) is 0.389. The van der Waals surface area contributed by atoms with E-state index in [1.165, 1.54) is 23.5 Å². The van der Waals surface area contributed by atoms with Crippen molar-refractivity contribution in [3.63, 3.8) is 0 Å². The van der Waals surface area contributed by atoms with Crippen LogP contribution in [0, 0.1) is 5.82 Å². The van der Waals surface area contributed by atoms with Crippen LogP contribution in [0.15, 0.2) is 23.6 Å².